The highest BCUT2D eigenvalue weighted by molar-refractivity contribution is 5.90. The number of cyclic esters (lactones) is 1. The molecule has 0 bridgehead atoms. The Labute approximate surface area is 186 Å². The average Bonchev–Trinajstić information content (AvgIpc) is 3.13. The predicted molar refractivity (Wildman–Crippen MR) is 118 cm³/mol. The van der Waals surface area contributed by atoms with Crippen molar-refractivity contribution in [2.45, 2.75) is 38.2 Å². The third kappa shape index (κ3) is 4.98. The van der Waals surface area contributed by atoms with Gasteiger partial charge in [0.15, 0.2) is 0 Å². The van der Waals surface area contributed by atoms with Crippen LogP contribution < -0.4 is 10.2 Å². The second-order valence-electron chi connectivity index (χ2n) is 8.50. The van der Waals surface area contributed by atoms with E-state index in [1.165, 1.54) is 12.1 Å². The largest absolute Gasteiger partial charge is 0.441 e. The summed E-state index contributed by atoms with van der Waals surface area (Å²) in [7, 11) is 0. The van der Waals surface area contributed by atoms with Gasteiger partial charge in [0.05, 0.1) is 6.54 Å². The minimum absolute atomic E-state index is 0.140. The number of nitrogens with one attached hydrogen (secondary N) is 1. The van der Waals surface area contributed by atoms with E-state index in [2.05, 4.69) is 15.3 Å². The topological polar surface area (TPSA) is 87.7 Å². The van der Waals surface area contributed by atoms with Crippen molar-refractivity contribution in [3.63, 3.8) is 0 Å². The van der Waals surface area contributed by atoms with Crippen LogP contribution in [0.4, 0.5) is 20.8 Å². The van der Waals surface area contributed by atoms with Crippen LogP contribution in [0, 0.1) is 11.7 Å². The van der Waals surface area contributed by atoms with E-state index in [-0.39, 0.29) is 17.6 Å². The quantitative estimate of drug-likeness (QED) is 0.662. The van der Waals surface area contributed by atoms with Gasteiger partial charge in [0, 0.05) is 50.1 Å². The Hall–Kier alpha value is -3.23. The van der Waals surface area contributed by atoms with Crippen molar-refractivity contribution in [1.29, 1.82) is 0 Å². The van der Waals surface area contributed by atoms with Crippen molar-refractivity contribution in [1.82, 2.24) is 14.9 Å². The number of ether oxygens (including phenoxy) is 1. The van der Waals surface area contributed by atoms with E-state index < -0.39 is 11.7 Å². The molecule has 0 aliphatic carbocycles. The van der Waals surface area contributed by atoms with Gasteiger partial charge in [-0.3, -0.25) is 9.69 Å². The number of hydrogen-bond donors (Lipinski definition) is 1. The molecule has 2 aromatic rings. The highest BCUT2D eigenvalue weighted by atomic mass is 19.1. The molecule has 1 atom stereocenters. The minimum Gasteiger partial charge on any atom is -0.441 e. The van der Waals surface area contributed by atoms with E-state index >= 15 is 0 Å². The molecule has 1 N–H and O–H groups in total. The summed E-state index contributed by atoms with van der Waals surface area (Å²) >= 11 is 0. The van der Waals surface area contributed by atoms with Gasteiger partial charge in [-0.25, -0.2) is 19.2 Å². The van der Waals surface area contributed by atoms with Crippen LogP contribution in [0.1, 0.15) is 32.6 Å². The fraction of sp³-hybridized carbons (Fsp3) is 0.478. The summed E-state index contributed by atoms with van der Waals surface area (Å²) in [5.41, 5.74) is 0.00229. The lowest BCUT2D eigenvalue weighted by Gasteiger charge is -2.39. The van der Waals surface area contributed by atoms with E-state index in [0.717, 1.165) is 12.8 Å². The smallest absolute Gasteiger partial charge is 0.415 e. The second kappa shape index (κ2) is 9.50. The highest BCUT2D eigenvalue weighted by Crippen LogP contribution is 2.38. The molecule has 8 nitrogen and oxygen atoms in total. The number of piperidine rings is 1. The molecule has 1 aromatic carbocycles. The number of carbonyl (C=O) groups excluding carboxylic acids is 2. The number of rotatable bonds is 7. The number of nitrogens with zero attached hydrogens (tertiary/aromatic N) is 4. The molecule has 2 saturated heterocycles. The van der Waals surface area contributed by atoms with Crippen LogP contribution in [-0.4, -0.2) is 58.6 Å². The molecule has 170 valence electrons. The predicted octanol–water partition coefficient (Wildman–Crippen LogP) is 3.46. The van der Waals surface area contributed by atoms with Crippen molar-refractivity contribution in [3.05, 3.63) is 48.5 Å². The number of benzene rings is 1. The standard InChI is InChI=1S/C23H28FN5O3/c1-23(16-29(22(31)32-23)19-7-5-18(24)6-8-19)17-9-14-28(15-10-17)20(30)4-2-11-25-21-26-12-3-13-27-21/h3,5-8,12-13,17H,2,4,9-11,14-16H2,1H3,(H,25,26,27)/t23-/m1/s1. The SMILES string of the molecule is C[C@]1(C2CCN(C(=O)CCCNc3ncccn3)CC2)CN(c2ccc(F)cc2)C(=O)O1. The van der Waals surface area contributed by atoms with Gasteiger partial charge in [-0.05, 0) is 56.5 Å². The summed E-state index contributed by atoms with van der Waals surface area (Å²) in [6.45, 7) is 4.32. The van der Waals surface area contributed by atoms with Crippen molar-refractivity contribution in [2.24, 2.45) is 5.92 Å². The third-order valence-electron chi connectivity index (χ3n) is 6.28. The molecule has 0 saturated carbocycles. The van der Waals surface area contributed by atoms with Gasteiger partial charge in [-0.15, -0.1) is 0 Å². The van der Waals surface area contributed by atoms with Crippen LogP contribution >= 0.6 is 0 Å². The van der Waals surface area contributed by atoms with Crippen molar-refractivity contribution in [2.75, 3.05) is 36.4 Å². The monoisotopic (exact) mass is 441 g/mol. The number of anilines is 2. The first kappa shape index (κ1) is 22.0. The lowest BCUT2D eigenvalue weighted by molar-refractivity contribution is -0.133. The summed E-state index contributed by atoms with van der Waals surface area (Å²) in [5.74, 6) is 0.527. The van der Waals surface area contributed by atoms with Crippen LogP contribution in [0.2, 0.25) is 0 Å². The maximum Gasteiger partial charge on any atom is 0.415 e. The van der Waals surface area contributed by atoms with Crippen LogP contribution in [0.3, 0.4) is 0 Å². The number of amides is 2. The van der Waals surface area contributed by atoms with Gasteiger partial charge in [0.2, 0.25) is 11.9 Å². The molecule has 0 radical (unpaired) electrons. The van der Waals surface area contributed by atoms with Crippen LogP contribution in [0.15, 0.2) is 42.7 Å². The summed E-state index contributed by atoms with van der Waals surface area (Å²) in [5, 5.41) is 3.11. The maximum atomic E-state index is 13.2. The molecule has 0 unspecified atom stereocenters. The van der Waals surface area contributed by atoms with Gasteiger partial charge >= 0.3 is 6.09 Å². The zero-order valence-electron chi connectivity index (χ0n) is 18.2. The zero-order chi connectivity index (χ0) is 22.6. The normalized spacial score (nSPS) is 21.5. The summed E-state index contributed by atoms with van der Waals surface area (Å²) in [6, 6.07) is 7.60. The molecule has 32 heavy (non-hydrogen) atoms. The van der Waals surface area contributed by atoms with Crippen molar-refractivity contribution in [3.8, 4) is 0 Å². The molecule has 1 aromatic heterocycles. The Bertz CT molecular complexity index is 934. The summed E-state index contributed by atoms with van der Waals surface area (Å²) in [4.78, 5) is 36.7. The number of hydrogen-bond acceptors (Lipinski definition) is 6. The molecule has 2 aliphatic heterocycles. The average molecular weight is 442 g/mol. The molecule has 2 fully saturated rings. The van der Waals surface area contributed by atoms with Crippen LogP contribution in [0.25, 0.3) is 0 Å². The first-order valence-electron chi connectivity index (χ1n) is 11.0. The van der Waals surface area contributed by atoms with E-state index in [1.807, 2.05) is 11.8 Å². The lowest BCUT2D eigenvalue weighted by Crippen LogP contribution is -2.47. The van der Waals surface area contributed by atoms with E-state index in [9.17, 15) is 14.0 Å². The molecule has 2 amide bonds. The molecular weight excluding hydrogens is 413 g/mol. The fourth-order valence-corrected chi connectivity index (χ4v) is 4.42. The number of aromatic nitrogens is 2. The van der Waals surface area contributed by atoms with Gasteiger partial charge in [0.25, 0.3) is 0 Å². The lowest BCUT2D eigenvalue weighted by atomic mass is 9.81. The van der Waals surface area contributed by atoms with Crippen molar-refractivity contribution < 1.29 is 18.7 Å². The van der Waals surface area contributed by atoms with Crippen LogP contribution in [-0.2, 0) is 9.53 Å². The van der Waals surface area contributed by atoms with Crippen LogP contribution in [0.5, 0.6) is 0 Å². The van der Waals surface area contributed by atoms with Gasteiger partial charge in [0.1, 0.15) is 11.4 Å². The molecule has 9 heteroatoms. The molecule has 2 aliphatic rings. The Kier molecular flexibility index (Phi) is 6.53. The van der Waals surface area contributed by atoms with Gasteiger partial charge in [-0.1, -0.05) is 0 Å². The number of halogens is 1. The Morgan fingerprint density at radius 1 is 1.22 bits per heavy atom. The number of carbonyl (C=O) groups is 2. The minimum atomic E-state index is -0.625. The van der Waals surface area contributed by atoms with Crippen molar-refractivity contribution >= 4 is 23.6 Å². The van der Waals surface area contributed by atoms with E-state index in [4.69, 9.17) is 4.74 Å². The fourth-order valence-electron chi connectivity index (χ4n) is 4.42. The summed E-state index contributed by atoms with van der Waals surface area (Å²) in [6.07, 6.45) is 5.67. The first-order valence-corrected chi connectivity index (χ1v) is 11.0. The summed E-state index contributed by atoms with van der Waals surface area (Å²) < 4.78 is 19.0. The Balaban J connectivity index is 1.23. The molecule has 0 spiro atoms. The maximum absolute atomic E-state index is 13.2. The Morgan fingerprint density at radius 3 is 2.59 bits per heavy atom. The molecule has 3 heterocycles. The highest BCUT2D eigenvalue weighted by Gasteiger charge is 2.48. The Morgan fingerprint density at radius 2 is 1.91 bits per heavy atom. The zero-order valence-corrected chi connectivity index (χ0v) is 18.2. The van der Waals surface area contributed by atoms with E-state index in [1.54, 1.807) is 35.5 Å². The first-order chi connectivity index (χ1) is 15.4. The second-order valence-corrected chi connectivity index (χ2v) is 8.50. The molecular formula is C23H28FN5O3. The third-order valence-corrected chi connectivity index (χ3v) is 6.28. The van der Waals surface area contributed by atoms with Gasteiger partial charge in [-0.2, -0.15) is 0 Å². The van der Waals surface area contributed by atoms with E-state index in [0.29, 0.717) is 50.7 Å². The molecule has 4 rings (SSSR count). The number of likely N-dealkylation sites (tertiary alicyclic amines) is 1. The van der Waals surface area contributed by atoms with Gasteiger partial charge < -0.3 is 15.0 Å².